The Kier molecular flexibility index (Phi) is 4.34. The lowest BCUT2D eigenvalue weighted by molar-refractivity contribution is 0.0696. The highest BCUT2D eigenvalue weighted by Gasteiger charge is 2.20. The van der Waals surface area contributed by atoms with Crippen molar-refractivity contribution >= 4 is 15.8 Å². The van der Waals surface area contributed by atoms with Crippen LogP contribution >= 0.6 is 0 Å². The van der Waals surface area contributed by atoms with E-state index in [1.54, 1.807) is 13.8 Å². The van der Waals surface area contributed by atoms with Crippen LogP contribution in [-0.2, 0) is 15.6 Å². The summed E-state index contributed by atoms with van der Waals surface area (Å²) in [7, 11) is -1.86. The van der Waals surface area contributed by atoms with Crippen LogP contribution in [-0.4, -0.2) is 31.9 Å². The number of rotatable bonds is 5. The molecular formula is C12H16O5S. The number of benzene rings is 1. The predicted octanol–water partition coefficient (Wildman–Crippen LogP) is 1.72. The highest BCUT2D eigenvalue weighted by molar-refractivity contribution is 7.91. The first kappa shape index (κ1) is 14.5. The van der Waals surface area contributed by atoms with Crippen LogP contribution in [0.1, 0.15) is 29.8 Å². The zero-order valence-electron chi connectivity index (χ0n) is 10.5. The van der Waals surface area contributed by atoms with E-state index in [0.717, 1.165) is 0 Å². The van der Waals surface area contributed by atoms with Gasteiger partial charge in [0.25, 0.3) is 0 Å². The highest BCUT2D eigenvalue weighted by Crippen LogP contribution is 2.23. The van der Waals surface area contributed by atoms with Gasteiger partial charge in [-0.05, 0) is 26.0 Å². The molecule has 0 atom stereocenters. The Morgan fingerprint density at radius 1 is 1.39 bits per heavy atom. The third-order valence-electron chi connectivity index (χ3n) is 2.61. The molecule has 1 rings (SSSR count). The van der Waals surface area contributed by atoms with Crippen LogP contribution in [0, 0.1) is 0 Å². The van der Waals surface area contributed by atoms with Gasteiger partial charge in [-0.3, -0.25) is 0 Å². The van der Waals surface area contributed by atoms with E-state index < -0.39 is 21.1 Å². The molecule has 1 N–H and O–H groups in total. The van der Waals surface area contributed by atoms with Gasteiger partial charge in [0.1, 0.15) is 5.75 Å². The molecule has 18 heavy (non-hydrogen) atoms. The lowest BCUT2D eigenvalue weighted by Gasteiger charge is -2.11. The van der Waals surface area contributed by atoms with Gasteiger partial charge in [0, 0.05) is 5.56 Å². The summed E-state index contributed by atoms with van der Waals surface area (Å²) in [6.07, 6.45) is 0. The Morgan fingerprint density at radius 3 is 2.44 bits per heavy atom. The van der Waals surface area contributed by atoms with Crippen LogP contribution in [0.3, 0.4) is 0 Å². The molecule has 0 heterocycles. The Morgan fingerprint density at radius 2 is 2.00 bits per heavy atom. The molecule has 0 fully saturated rings. The summed E-state index contributed by atoms with van der Waals surface area (Å²) in [4.78, 5) is 10.8. The van der Waals surface area contributed by atoms with Gasteiger partial charge in [0.15, 0.2) is 9.84 Å². The van der Waals surface area contributed by atoms with Crippen molar-refractivity contribution in [2.24, 2.45) is 0 Å². The van der Waals surface area contributed by atoms with Crippen molar-refractivity contribution in [1.29, 1.82) is 0 Å². The van der Waals surface area contributed by atoms with Gasteiger partial charge >= 0.3 is 5.97 Å². The minimum atomic E-state index is -3.24. The number of carboxylic acids is 1. The maximum atomic E-state index is 11.8. The van der Waals surface area contributed by atoms with E-state index in [9.17, 15) is 13.2 Å². The van der Waals surface area contributed by atoms with E-state index in [0.29, 0.717) is 5.56 Å². The van der Waals surface area contributed by atoms with Gasteiger partial charge in [-0.1, -0.05) is 6.07 Å². The Hall–Kier alpha value is -1.56. The summed E-state index contributed by atoms with van der Waals surface area (Å²) >= 11 is 0. The zero-order chi connectivity index (χ0) is 13.9. The molecule has 100 valence electrons. The molecule has 6 heteroatoms. The fraction of sp³-hybridized carbons (Fsp3) is 0.417. The van der Waals surface area contributed by atoms with E-state index >= 15 is 0 Å². The van der Waals surface area contributed by atoms with E-state index in [2.05, 4.69) is 0 Å². The Bertz CT molecular complexity index is 546. The van der Waals surface area contributed by atoms with Crippen molar-refractivity contribution in [3.63, 3.8) is 0 Å². The predicted molar refractivity (Wildman–Crippen MR) is 67.7 cm³/mol. The molecule has 0 aliphatic heterocycles. The minimum Gasteiger partial charge on any atom is -0.496 e. The second-order valence-corrected chi connectivity index (χ2v) is 6.74. The monoisotopic (exact) mass is 272 g/mol. The Labute approximate surface area is 106 Å². The molecule has 0 amide bonds. The summed E-state index contributed by atoms with van der Waals surface area (Å²) in [6.45, 7) is 3.21. The average Bonchev–Trinajstić information content (AvgIpc) is 2.28. The smallest absolute Gasteiger partial charge is 0.335 e. The van der Waals surface area contributed by atoms with E-state index in [4.69, 9.17) is 9.84 Å². The molecule has 5 nitrogen and oxygen atoms in total. The highest BCUT2D eigenvalue weighted by atomic mass is 32.2. The number of hydrogen-bond acceptors (Lipinski definition) is 4. The SMILES string of the molecule is COc1cc(C(=O)O)ccc1CS(=O)(=O)C(C)C. The molecule has 0 radical (unpaired) electrons. The van der Waals surface area contributed by atoms with Gasteiger partial charge in [-0.15, -0.1) is 0 Å². The average molecular weight is 272 g/mol. The van der Waals surface area contributed by atoms with E-state index in [1.165, 1.54) is 25.3 Å². The molecule has 0 aromatic heterocycles. The lowest BCUT2D eigenvalue weighted by atomic mass is 10.1. The van der Waals surface area contributed by atoms with E-state index in [-0.39, 0.29) is 17.1 Å². The quantitative estimate of drug-likeness (QED) is 0.882. The standard InChI is InChI=1S/C12H16O5S/c1-8(2)18(15,16)7-10-5-4-9(12(13)14)6-11(10)17-3/h4-6,8H,7H2,1-3H3,(H,13,14). The first-order valence-corrected chi connectivity index (χ1v) is 7.11. The molecule has 0 saturated heterocycles. The van der Waals surface area contributed by atoms with Crippen LogP contribution in [0.5, 0.6) is 5.75 Å². The maximum Gasteiger partial charge on any atom is 0.335 e. The fourth-order valence-electron chi connectivity index (χ4n) is 1.38. The van der Waals surface area contributed by atoms with Crippen LogP contribution < -0.4 is 4.74 Å². The van der Waals surface area contributed by atoms with Gasteiger partial charge in [-0.2, -0.15) is 0 Å². The number of hydrogen-bond donors (Lipinski definition) is 1. The molecule has 0 aliphatic carbocycles. The number of sulfone groups is 1. The Balaban J connectivity index is 3.15. The molecule has 0 unspecified atom stereocenters. The summed E-state index contributed by atoms with van der Waals surface area (Å²) in [6, 6.07) is 4.17. The summed E-state index contributed by atoms with van der Waals surface area (Å²) in [5, 5.41) is 8.36. The van der Waals surface area contributed by atoms with E-state index in [1.807, 2.05) is 0 Å². The van der Waals surface area contributed by atoms with Crippen LogP contribution in [0.2, 0.25) is 0 Å². The van der Waals surface area contributed by atoms with Crippen molar-refractivity contribution in [2.75, 3.05) is 7.11 Å². The number of carbonyl (C=O) groups is 1. The van der Waals surface area contributed by atoms with Crippen molar-refractivity contribution in [3.05, 3.63) is 29.3 Å². The second-order valence-electron chi connectivity index (χ2n) is 4.19. The van der Waals surface area contributed by atoms with Crippen LogP contribution in [0.15, 0.2) is 18.2 Å². The second kappa shape index (κ2) is 5.39. The zero-order valence-corrected chi connectivity index (χ0v) is 11.3. The lowest BCUT2D eigenvalue weighted by Crippen LogP contribution is -2.16. The first-order chi connectivity index (χ1) is 8.27. The van der Waals surface area contributed by atoms with Gasteiger partial charge in [0.05, 0.1) is 23.7 Å². The summed E-state index contributed by atoms with van der Waals surface area (Å²) in [5.74, 6) is -0.959. The van der Waals surface area contributed by atoms with Gasteiger partial charge < -0.3 is 9.84 Å². The molecule has 1 aromatic rings. The summed E-state index contributed by atoms with van der Waals surface area (Å²) < 4.78 is 28.7. The first-order valence-electron chi connectivity index (χ1n) is 5.39. The molecular weight excluding hydrogens is 256 g/mol. The number of methoxy groups -OCH3 is 1. The number of aromatic carboxylic acids is 1. The van der Waals surface area contributed by atoms with Crippen LogP contribution in [0.25, 0.3) is 0 Å². The van der Waals surface area contributed by atoms with Crippen molar-refractivity contribution in [1.82, 2.24) is 0 Å². The number of carboxylic acid groups (broad SMARTS) is 1. The molecule has 1 aromatic carbocycles. The topological polar surface area (TPSA) is 80.7 Å². The van der Waals surface area contributed by atoms with Crippen molar-refractivity contribution < 1.29 is 23.1 Å². The van der Waals surface area contributed by atoms with Gasteiger partial charge in [-0.25, -0.2) is 13.2 Å². The maximum absolute atomic E-state index is 11.8. The number of ether oxygens (including phenoxy) is 1. The van der Waals surface area contributed by atoms with Crippen molar-refractivity contribution in [2.45, 2.75) is 24.9 Å². The normalized spacial score (nSPS) is 11.6. The molecule has 0 aliphatic rings. The third kappa shape index (κ3) is 3.22. The molecule has 0 bridgehead atoms. The fourth-order valence-corrected chi connectivity index (χ4v) is 2.39. The molecule has 0 spiro atoms. The third-order valence-corrected chi connectivity index (χ3v) is 4.76. The molecule has 0 saturated carbocycles. The van der Waals surface area contributed by atoms with Crippen LogP contribution in [0.4, 0.5) is 0 Å². The minimum absolute atomic E-state index is 0.0672. The summed E-state index contributed by atoms with van der Waals surface area (Å²) in [5.41, 5.74) is 0.536. The largest absolute Gasteiger partial charge is 0.496 e. The van der Waals surface area contributed by atoms with Crippen molar-refractivity contribution in [3.8, 4) is 5.75 Å². The van der Waals surface area contributed by atoms with Gasteiger partial charge in [0.2, 0.25) is 0 Å².